The highest BCUT2D eigenvalue weighted by Gasteiger charge is 1.94. The third-order valence-electron chi connectivity index (χ3n) is 1.18. The highest BCUT2D eigenvalue weighted by molar-refractivity contribution is 4.91. The van der Waals surface area contributed by atoms with E-state index in [0.29, 0.717) is 0 Å². The van der Waals surface area contributed by atoms with Crippen molar-refractivity contribution in [3.8, 4) is 6.07 Å². The molecule has 1 heterocycles. The minimum absolute atomic E-state index is 0.285. The standard InChI is InChI=1S/C6H8N4/c1-2-6-5-10(4-3-7)9-8-6/h5H,2,4H2,1H3. The summed E-state index contributed by atoms with van der Waals surface area (Å²) in [4.78, 5) is 0. The third-order valence-corrected chi connectivity index (χ3v) is 1.18. The van der Waals surface area contributed by atoms with Crippen LogP contribution in [-0.2, 0) is 13.0 Å². The number of hydrogen-bond acceptors (Lipinski definition) is 3. The highest BCUT2D eigenvalue weighted by Crippen LogP contribution is 1.91. The second-order valence-corrected chi connectivity index (χ2v) is 1.92. The van der Waals surface area contributed by atoms with Crippen LogP contribution in [0, 0.1) is 11.3 Å². The van der Waals surface area contributed by atoms with Gasteiger partial charge in [-0.2, -0.15) is 5.26 Å². The lowest BCUT2D eigenvalue weighted by atomic mass is 10.4. The van der Waals surface area contributed by atoms with Crippen molar-refractivity contribution in [3.05, 3.63) is 11.9 Å². The zero-order valence-corrected chi connectivity index (χ0v) is 5.78. The summed E-state index contributed by atoms with van der Waals surface area (Å²) in [6, 6.07) is 1.98. The Bertz CT molecular complexity index is 244. The van der Waals surface area contributed by atoms with Gasteiger partial charge in [-0.15, -0.1) is 5.10 Å². The van der Waals surface area contributed by atoms with Crippen LogP contribution >= 0.6 is 0 Å². The second-order valence-electron chi connectivity index (χ2n) is 1.92. The summed E-state index contributed by atoms with van der Waals surface area (Å²) in [7, 11) is 0. The second kappa shape index (κ2) is 2.97. The summed E-state index contributed by atoms with van der Waals surface area (Å²) in [5, 5.41) is 15.8. The van der Waals surface area contributed by atoms with Gasteiger partial charge in [-0.3, -0.25) is 0 Å². The summed E-state index contributed by atoms with van der Waals surface area (Å²) in [5.41, 5.74) is 0.926. The molecule has 0 aliphatic rings. The van der Waals surface area contributed by atoms with Gasteiger partial charge >= 0.3 is 0 Å². The quantitative estimate of drug-likeness (QED) is 0.590. The Morgan fingerprint density at radius 3 is 3.10 bits per heavy atom. The number of hydrogen-bond donors (Lipinski definition) is 0. The Hall–Kier alpha value is -1.37. The van der Waals surface area contributed by atoms with Crippen molar-refractivity contribution < 1.29 is 0 Å². The van der Waals surface area contributed by atoms with E-state index in [-0.39, 0.29) is 6.54 Å². The van der Waals surface area contributed by atoms with E-state index >= 15 is 0 Å². The molecule has 0 fully saturated rings. The van der Waals surface area contributed by atoms with E-state index < -0.39 is 0 Å². The van der Waals surface area contributed by atoms with E-state index in [9.17, 15) is 0 Å². The van der Waals surface area contributed by atoms with Gasteiger partial charge < -0.3 is 0 Å². The number of aryl methyl sites for hydroxylation is 1. The molecule has 0 unspecified atom stereocenters. The molecule has 1 aromatic heterocycles. The molecule has 4 nitrogen and oxygen atoms in total. The van der Waals surface area contributed by atoms with Crippen LogP contribution in [0.15, 0.2) is 6.20 Å². The zero-order valence-electron chi connectivity index (χ0n) is 5.78. The molecule has 0 aliphatic heterocycles. The maximum Gasteiger partial charge on any atom is 0.129 e. The predicted octanol–water partition coefficient (Wildman–Crippen LogP) is 0.364. The molecule has 0 atom stereocenters. The third kappa shape index (κ3) is 1.32. The van der Waals surface area contributed by atoms with E-state index in [4.69, 9.17) is 5.26 Å². The Labute approximate surface area is 59.1 Å². The van der Waals surface area contributed by atoms with Crippen LogP contribution in [0.2, 0.25) is 0 Å². The predicted molar refractivity (Wildman–Crippen MR) is 35.0 cm³/mol. The van der Waals surface area contributed by atoms with Crippen molar-refractivity contribution in [2.75, 3.05) is 0 Å². The Morgan fingerprint density at radius 2 is 2.60 bits per heavy atom. The van der Waals surface area contributed by atoms with E-state index in [2.05, 4.69) is 10.3 Å². The SMILES string of the molecule is CCc1cn(CC#N)nn1. The lowest BCUT2D eigenvalue weighted by molar-refractivity contribution is 0.668. The van der Waals surface area contributed by atoms with Gasteiger partial charge in [0.25, 0.3) is 0 Å². The van der Waals surface area contributed by atoms with Gasteiger partial charge in [-0.25, -0.2) is 4.68 Å². The zero-order chi connectivity index (χ0) is 7.40. The van der Waals surface area contributed by atoms with E-state index in [1.165, 1.54) is 4.68 Å². The fourth-order valence-electron chi connectivity index (χ4n) is 0.650. The van der Waals surface area contributed by atoms with Gasteiger partial charge in [0.15, 0.2) is 0 Å². The summed E-state index contributed by atoms with van der Waals surface area (Å²) in [6.45, 7) is 2.29. The lowest BCUT2D eigenvalue weighted by Crippen LogP contribution is -1.94. The minimum atomic E-state index is 0.285. The van der Waals surface area contributed by atoms with Crippen molar-refractivity contribution in [2.45, 2.75) is 19.9 Å². The number of nitrogens with zero attached hydrogens (tertiary/aromatic N) is 4. The lowest BCUT2D eigenvalue weighted by Gasteiger charge is -1.84. The monoisotopic (exact) mass is 136 g/mol. The van der Waals surface area contributed by atoms with Crippen LogP contribution < -0.4 is 0 Å². The topological polar surface area (TPSA) is 54.5 Å². The molecule has 4 heteroatoms. The molecule has 0 saturated heterocycles. The van der Waals surface area contributed by atoms with Gasteiger partial charge in [0, 0.05) is 6.20 Å². The van der Waals surface area contributed by atoms with Crippen LogP contribution in [0.25, 0.3) is 0 Å². The Balaban J connectivity index is 2.70. The molecule has 0 radical (unpaired) electrons. The van der Waals surface area contributed by atoms with Gasteiger partial charge in [0.2, 0.25) is 0 Å². The normalized spacial score (nSPS) is 9.20. The van der Waals surface area contributed by atoms with Crippen molar-refractivity contribution in [1.29, 1.82) is 5.26 Å². The molecule has 0 amide bonds. The van der Waals surface area contributed by atoms with Crippen molar-refractivity contribution in [3.63, 3.8) is 0 Å². The molecule has 1 rings (SSSR count). The fourth-order valence-corrected chi connectivity index (χ4v) is 0.650. The number of nitriles is 1. The largest absolute Gasteiger partial charge is 0.238 e. The first-order valence-corrected chi connectivity index (χ1v) is 3.12. The number of rotatable bonds is 2. The maximum absolute atomic E-state index is 8.26. The summed E-state index contributed by atoms with van der Waals surface area (Å²) in [6.07, 6.45) is 2.65. The van der Waals surface area contributed by atoms with Crippen LogP contribution in [-0.4, -0.2) is 15.0 Å². The summed E-state index contributed by atoms with van der Waals surface area (Å²) >= 11 is 0. The smallest absolute Gasteiger partial charge is 0.129 e. The summed E-state index contributed by atoms with van der Waals surface area (Å²) in [5.74, 6) is 0. The van der Waals surface area contributed by atoms with Crippen molar-refractivity contribution in [1.82, 2.24) is 15.0 Å². The van der Waals surface area contributed by atoms with Crippen LogP contribution in [0.5, 0.6) is 0 Å². The molecule has 0 spiro atoms. The molecule has 0 saturated carbocycles. The minimum Gasteiger partial charge on any atom is -0.238 e. The maximum atomic E-state index is 8.26. The first-order valence-electron chi connectivity index (χ1n) is 3.12. The molecule has 0 aromatic carbocycles. The van der Waals surface area contributed by atoms with Gasteiger partial charge in [0.05, 0.1) is 11.8 Å². The first kappa shape index (κ1) is 6.75. The Morgan fingerprint density at radius 1 is 1.80 bits per heavy atom. The van der Waals surface area contributed by atoms with Crippen LogP contribution in [0.3, 0.4) is 0 Å². The van der Waals surface area contributed by atoms with Gasteiger partial charge in [-0.1, -0.05) is 12.1 Å². The molecule has 52 valence electrons. The van der Waals surface area contributed by atoms with Gasteiger partial charge in [-0.05, 0) is 6.42 Å². The average molecular weight is 136 g/mol. The van der Waals surface area contributed by atoms with E-state index in [1.54, 1.807) is 6.20 Å². The van der Waals surface area contributed by atoms with Crippen molar-refractivity contribution in [2.24, 2.45) is 0 Å². The molecular formula is C6H8N4. The molecule has 0 bridgehead atoms. The van der Waals surface area contributed by atoms with Gasteiger partial charge in [0.1, 0.15) is 6.54 Å². The van der Waals surface area contributed by atoms with Crippen LogP contribution in [0.1, 0.15) is 12.6 Å². The van der Waals surface area contributed by atoms with E-state index in [1.807, 2.05) is 13.0 Å². The molecule has 10 heavy (non-hydrogen) atoms. The average Bonchev–Trinajstić information content (AvgIpc) is 2.37. The molecule has 1 aromatic rings. The molecular weight excluding hydrogens is 128 g/mol. The van der Waals surface area contributed by atoms with E-state index in [0.717, 1.165) is 12.1 Å². The van der Waals surface area contributed by atoms with Crippen LogP contribution in [0.4, 0.5) is 0 Å². The van der Waals surface area contributed by atoms with Crippen molar-refractivity contribution >= 4 is 0 Å². The summed E-state index contributed by atoms with van der Waals surface area (Å²) < 4.78 is 1.53. The molecule has 0 aliphatic carbocycles. The Kier molecular flexibility index (Phi) is 2.00. The fraction of sp³-hybridized carbons (Fsp3) is 0.500. The molecule has 0 N–H and O–H groups in total. The first-order chi connectivity index (χ1) is 4.86. The highest BCUT2D eigenvalue weighted by atomic mass is 15.4. The number of aromatic nitrogens is 3.